The number of aromatic nitrogens is 1. The summed E-state index contributed by atoms with van der Waals surface area (Å²) in [5.41, 5.74) is 13.7. The number of nitrogens with one attached hydrogen (secondary N) is 2. The van der Waals surface area contributed by atoms with Crippen molar-refractivity contribution >= 4 is 61.8 Å². The van der Waals surface area contributed by atoms with Crippen LogP contribution in [0.25, 0.3) is 0 Å². The van der Waals surface area contributed by atoms with Crippen LogP contribution in [-0.4, -0.2) is 18.1 Å². The van der Waals surface area contributed by atoms with Gasteiger partial charge in [-0.3, -0.25) is 5.32 Å². The number of nitrogens with two attached hydrogens (primary N) is 2. The van der Waals surface area contributed by atoms with E-state index in [1.54, 1.807) is 7.11 Å². The van der Waals surface area contributed by atoms with E-state index in [4.69, 9.17) is 21.5 Å². The van der Waals surface area contributed by atoms with Crippen molar-refractivity contribution in [3.05, 3.63) is 36.9 Å². The molecule has 1 aliphatic heterocycles. The molecule has 0 bridgehead atoms. The quantitative estimate of drug-likeness (QED) is 0.258. The van der Waals surface area contributed by atoms with Gasteiger partial charge < -0.3 is 21.5 Å². The van der Waals surface area contributed by atoms with Crippen molar-refractivity contribution in [3.63, 3.8) is 0 Å². The summed E-state index contributed by atoms with van der Waals surface area (Å²) in [6.45, 7) is 0. The zero-order valence-corrected chi connectivity index (χ0v) is 17.6. The third-order valence-corrected chi connectivity index (χ3v) is 5.48. The van der Waals surface area contributed by atoms with Gasteiger partial charge in [0.2, 0.25) is 5.96 Å². The molecule has 3 rings (SSSR count). The van der Waals surface area contributed by atoms with Gasteiger partial charge in [0.05, 0.1) is 17.3 Å². The Morgan fingerprint density at radius 2 is 2.11 bits per heavy atom. The Balaban J connectivity index is 2.29. The number of guanidine groups is 1. The third-order valence-electron chi connectivity index (χ3n) is 3.92. The molecule has 1 atom stereocenters. The number of nitrogens with zero attached hydrogens (tertiary/aromatic N) is 4. The minimum atomic E-state index is -0.605. The monoisotopic (exact) mass is 538 g/mol. The number of nitrogen functional groups attached to an aromatic ring is 2. The number of halogens is 2. The maximum atomic E-state index is 9.37. The highest BCUT2D eigenvalue weighted by Crippen LogP contribution is 2.43. The maximum absolute atomic E-state index is 9.37. The lowest BCUT2D eigenvalue weighted by atomic mass is 9.95. The molecule has 0 saturated heterocycles. The lowest BCUT2D eigenvalue weighted by molar-refractivity contribution is 0.411. The van der Waals surface area contributed by atoms with E-state index >= 15 is 0 Å². The molecule has 1 aromatic heterocycles. The normalized spacial score (nSPS) is 14.9. The smallest absolute Gasteiger partial charge is 0.211 e. The van der Waals surface area contributed by atoms with Crippen LogP contribution in [0, 0.1) is 26.4 Å². The van der Waals surface area contributed by atoms with E-state index in [0.29, 0.717) is 17.1 Å². The molecule has 0 aliphatic carbocycles. The van der Waals surface area contributed by atoms with E-state index in [-0.39, 0.29) is 23.0 Å². The van der Waals surface area contributed by atoms with Crippen molar-refractivity contribution in [1.82, 2.24) is 10.3 Å². The van der Waals surface area contributed by atoms with Crippen LogP contribution >= 0.6 is 38.5 Å². The largest absolute Gasteiger partial charge is 0.496 e. The average molecular weight is 539 g/mol. The molecule has 11 heteroatoms. The highest BCUT2D eigenvalue weighted by Gasteiger charge is 2.31. The second-order valence-electron chi connectivity index (χ2n) is 5.41. The van der Waals surface area contributed by atoms with Gasteiger partial charge >= 0.3 is 0 Å². The molecule has 6 N–H and O–H groups in total. The molecule has 2 heterocycles. The average Bonchev–Trinajstić information content (AvgIpc) is 2.63. The SMILES string of the molecule is COc1cc(I)c(C2N=C(NC#N)Nc3nc(N)c(C#N)c(N)c32)cc1Br. The summed E-state index contributed by atoms with van der Waals surface area (Å²) in [6, 6.07) is 5.08. The number of benzene rings is 1. The Bertz CT molecular complexity index is 1060. The zero-order valence-electron chi connectivity index (χ0n) is 13.8. The number of fused-ring (bicyclic) bond motifs is 1. The van der Waals surface area contributed by atoms with E-state index < -0.39 is 6.04 Å². The highest BCUT2D eigenvalue weighted by molar-refractivity contribution is 14.1. The van der Waals surface area contributed by atoms with Crippen LogP contribution in [0.3, 0.4) is 0 Å². The fourth-order valence-electron chi connectivity index (χ4n) is 2.72. The van der Waals surface area contributed by atoms with Crippen molar-refractivity contribution in [3.8, 4) is 18.0 Å². The molecule has 1 aromatic carbocycles. The van der Waals surface area contributed by atoms with Gasteiger partial charge in [0.1, 0.15) is 35.1 Å². The molecule has 136 valence electrons. The number of pyridine rings is 1. The summed E-state index contributed by atoms with van der Waals surface area (Å²) >= 11 is 5.64. The zero-order chi connectivity index (χ0) is 19.7. The summed E-state index contributed by atoms with van der Waals surface area (Å²) in [6.07, 6.45) is 1.82. The van der Waals surface area contributed by atoms with Gasteiger partial charge in [0.15, 0.2) is 6.19 Å². The van der Waals surface area contributed by atoms with Gasteiger partial charge in [-0.2, -0.15) is 10.5 Å². The van der Waals surface area contributed by atoms with Crippen LogP contribution in [0.2, 0.25) is 0 Å². The van der Waals surface area contributed by atoms with Crippen molar-refractivity contribution in [2.45, 2.75) is 6.04 Å². The number of rotatable bonds is 2. The molecule has 1 aliphatic rings. The second-order valence-corrected chi connectivity index (χ2v) is 7.43. The molecule has 0 radical (unpaired) electrons. The standard InChI is InChI=1S/C16H12BrIN8O/c1-27-10-3-9(18)6(2-8(10)17)13-11-12(21)7(4-19)14(22)25-15(11)26-16(24-13)23-5-20/h2-3,13H,1H3,(H6,21,22,23,24,25,26). The minimum Gasteiger partial charge on any atom is -0.496 e. The van der Waals surface area contributed by atoms with Crippen LogP contribution in [0.4, 0.5) is 17.3 Å². The summed E-state index contributed by atoms with van der Waals surface area (Å²) in [7, 11) is 1.58. The predicted octanol–water partition coefficient (Wildman–Crippen LogP) is 2.43. The molecule has 9 nitrogen and oxygen atoms in total. The van der Waals surface area contributed by atoms with E-state index in [2.05, 4.69) is 59.1 Å². The fraction of sp³-hybridized carbons (Fsp3) is 0.125. The first-order valence-corrected chi connectivity index (χ1v) is 9.30. The van der Waals surface area contributed by atoms with Crippen LogP contribution < -0.4 is 26.8 Å². The van der Waals surface area contributed by atoms with Crippen LogP contribution in [0.1, 0.15) is 22.7 Å². The third kappa shape index (κ3) is 3.31. The van der Waals surface area contributed by atoms with E-state index in [1.165, 1.54) is 0 Å². The lowest BCUT2D eigenvalue weighted by Crippen LogP contribution is -2.33. The Labute approximate surface area is 176 Å². The molecule has 27 heavy (non-hydrogen) atoms. The molecule has 0 spiro atoms. The fourth-order valence-corrected chi connectivity index (χ4v) is 3.97. The molecule has 2 aromatic rings. The Morgan fingerprint density at radius 1 is 1.37 bits per heavy atom. The van der Waals surface area contributed by atoms with Crippen LogP contribution in [-0.2, 0) is 0 Å². The Hall–Kier alpha value is -2.77. The van der Waals surface area contributed by atoms with Crippen molar-refractivity contribution in [2.24, 2.45) is 4.99 Å². The van der Waals surface area contributed by atoms with Crippen molar-refractivity contribution in [1.29, 1.82) is 10.5 Å². The molecule has 0 saturated carbocycles. The number of hydrogen-bond donors (Lipinski definition) is 4. The molecule has 1 unspecified atom stereocenters. The predicted molar refractivity (Wildman–Crippen MR) is 113 cm³/mol. The number of anilines is 3. The van der Waals surface area contributed by atoms with E-state index in [9.17, 15) is 5.26 Å². The van der Waals surface area contributed by atoms with Gasteiger partial charge in [-0.25, -0.2) is 9.98 Å². The number of ether oxygens (including phenoxy) is 1. The van der Waals surface area contributed by atoms with Crippen molar-refractivity contribution in [2.75, 3.05) is 23.9 Å². The minimum absolute atomic E-state index is 0.00353. The maximum Gasteiger partial charge on any atom is 0.211 e. The summed E-state index contributed by atoms with van der Waals surface area (Å²) in [5.74, 6) is 1.21. The second kappa shape index (κ2) is 7.46. The number of hydrogen-bond acceptors (Lipinski definition) is 9. The number of aliphatic imine (C=N–C) groups is 1. The van der Waals surface area contributed by atoms with Crippen molar-refractivity contribution < 1.29 is 4.74 Å². The van der Waals surface area contributed by atoms with Gasteiger partial charge in [-0.1, -0.05) is 0 Å². The van der Waals surface area contributed by atoms with E-state index in [0.717, 1.165) is 13.6 Å². The number of methoxy groups -OCH3 is 1. The topological polar surface area (TPSA) is 158 Å². The molecular formula is C16H12BrIN8O. The highest BCUT2D eigenvalue weighted by atomic mass is 127. The van der Waals surface area contributed by atoms with Gasteiger partial charge in [0.25, 0.3) is 0 Å². The molecule has 0 amide bonds. The van der Waals surface area contributed by atoms with Gasteiger partial charge in [-0.05, 0) is 56.2 Å². The molecular weight excluding hydrogens is 527 g/mol. The summed E-state index contributed by atoms with van der Waals surface area (Å²) < 4.78 is 6.91. The first-order valence-electron chi connectivity index (χ1n) is 7.43. The first kappa shape index (κ1) is 19.0. The Morgan fingerprint density at radius 3 is 2.74 bits per heavy atom. The van der Waals surface area contributed by atoms with Crippen LogP contribution in [0.15, 0.2) is 21.6 Å². The van der Waals surface area contributed by atoms with Gasteiger partial charge in [-0.15, -0.1) is 0 Å². The summed E-state index contributed by atoms with van der Waals surface area (Å²) in [5, 5.41) is 23.7. The summed E-state index contributed by atoms with van der Waals surface area (Å²) in [4.78, 5) is 8.78. The first-order chi connectivity index (χ1) is 12.9. The van der Waals surface area contributed by atoms with E-state index in [1.807, 2.05) is 24.4 Å². The Kier molecular flexibility index (Phi) is 5.25. The van der Waals surface area contributed by atoms with Crippen LogP contribution in [0.5, 0.6) is 5.75 Å². The number of nitriles is 2. The van der Waals surface area contributed by atoms with Gasteiger partial charge in [0, 0.05) is 9.13 Å². The molecule has 0 fully saturated rings. The lowest BCUT2D eigenvalue weighted by Gasteiger charge is -2.27.